The van der Waals surface area contributed by atoms with Gasteiger partial charge in [0, 0.05) is 13.5 Å². The van der Waals surface area contributed by atoms with Crippen molar-refractivity contribution in [2.75, 3.05) is 7.11 Å². The Morgan fingerprint density at radius 3 is 2.50 bits per heavy atom. The van der Waals surface area contributed by atoms with Gasteiger partial charge in [0.1, 0.15) is 10.8 Å². The molecule has 0 amide bonds. The number of ether oxygens (including phenoxy) is 1. The van der Waals surface area contributed by atoms with Crippen molar-refractivity contribution in [2.24, 2.45) is 0 Å². The maximum Gasteiger partial charge on any atom is 0.433 e. The van der Waals surface area contributed by atoms with E-state index in [1.54, 1.807) is 0 Å². The Bertz CT molecular complexity index is 521. The van der Waals surface area contributed by atoms with Crippen LogP contribution < -0.4 is 0 Å². The molecule has 1 fully saturated rings. The molecule has 0 N–H and O–H groups in total. The molecule has 0 aliphatic heterocycles. The van der Waals surface area contributed by atoms with E-state index in [1.807, 2.05) is 0 Å². The van der Waals surface area contributed by atoms with E-state index in [1.165, 1.54) is 7.11 Å². The zero-order valence-corrected chi connectivity index (χ0v) is 11.5. The number of nitrogens with zero attached hydrogens (tertiary/aromatic N) is 1. The van der Waals surface area contributed by atoms with Gasteiger partial charge in [-0.25, -0.2) is 4.98 Å². The Hall–Kier alpha value is -1.14. The Morgan fingerprint density at radius 2 is 2.10 bits per heavy atom. The molecule has 110 valence electrons. The predicted molar refractivity (Wildman–Crippen MR) is 66.8 cm³/mol. The highest BCUT2D eigenvalue weighted by Crippen LogP contribution is 2.39. The molecule has 0 spiro atoms. The zero-order valence-electron chi connectivity index (χ0n) is 10.8. The van der Waals surface area contributed by atoms with Crippen LogP contribution in [0.4, 0.5) is 13.2 Å². The lowest BCUT2D eigenvalue weighted by Crippen LogP contribution is -2.41. The highest BCUT2D eigenvalue weighted by atomic mass is 35.5. The van der Waals surface area contributed by atoms with Gasteiger partial charge in [0.25, 0.3) is 0 Å². The van der Waals surface area contributed by atoms with Gasteiger partial charge in [-0.3, -0.25) is 4.79 Å². The van der Waals surface area contributed by atoms with Gasteiger partial charge in [0.15, 0.2) is 5.78 Å². The number of carbonyl (C=O) groups excluding carboxylic acids is 1. The van der Waals surface area contributed by atoms with Crippen LogP contribution in [0.3, 0.4) is 0 Å². The summed E-state index contributed by atoms with van der Waals surface area (Å²) in [7, 11) is 1.53. The molecule has 0 aromatic carbocycles. The number of rotatable bonds is 4. The van der Waals surface area contributed by atoms with Crippen LogP contribution in [0, 0.1) is 0 Å². The molecule has 20 heavy (non-hydrogen) atoms. The molecule has 1 aromatic heterocycles. The van der Waals surface area contributed by atoms with Crippen LogP contribution in [0.5, 0.6) is 0 Å². The monoisotopic (exact) mass is 307 g/mol. The Morgan fingerprint density at radius 1 is 1.45 bits per heavy atom. The summed E-state index contributed by atoms with van der Waals surface area (Å²) < 4.78 is 42.7. The van der Waals surface area contributed by atoms with Crippen LogP contribution >= 0.6 is 11.6 Å². The van der Waals surface area contributed by atoms with E-state index in [0.717, 1.165) is 31.4 Å². The molecule has 1 aliphatic rings. The Balaban J connectivity index is 2.19. The number of methoxy groups -OCH3 is 1. The van der Waals surface area contributed by atoms with Gasteiger partial charge in [0.05, 0.1) is 11.2 Å². The Labute approximate surface area is 119 Å². The van der Waals surface area contributed by atoms with Crippen molar-refractivity contribution in [1.29, 1.82) is 0 Å². The summed E-state index contributed by atoms with van der Waals surface area (Å²) in [6.45, 7) is 0. The third-order valence-electron chi connectivity index (χ3n) is 3.62. The van der Waals surface area contributed by atoms with E-state index in [-0.39, 0.29) is 17.8 Å². The van der Waals surface area contributed by atoms with Crippen molar-refractivity contribution in [3.05, 3.63) is 28.5 Å². The van der Waals surface area contributed by atoms with Crippen LogP contribution in [0.2, 0.25) is 5.15 Å². The van der Waals surface area contributed by atoms with Crippen LogP contribution in [0.1, 0.15) is 41.7 Å². The minimum atomic E-state index is -4.58. The first-order valence-electron chi connectivity index (χ1n) is 6.09. The molecule has 1 aliphatic carbocycles. The standard InChI is InChI=1S/C13H13ClF3NO2/c1-20-12(5-2-6-12)7-9(19)8-3-4-10(13(15,16)17)18-11(8)14/h3-4H,2,5-7H2,1H3. The fourth-order valence-corrected chi connectivity index (χ4v) is 2.47. The second-order valence-electron chi connectivity index (χ2n) is 4.87. The molecule has 7 heteroatoms. The number of Topliss-reactive ketones (excluding diaryl/α,β-unsaturated/α-hetero) is 1. The van der Waals surface area contributed by atoms with Crippen LogP contribution in [0.15, 0.2) is 12.1 Å². The average Bonchev–Trinajstić information content (AvgIpc) is 2.32. The van der Waals surface area contributed by atoms with Crippen molar-refractivity contribution in [1.82, 2.24) is 4.98 Å². The number of alkyl halides is 3. The number of hydrogen-bond acceptors (Lipinski definition) is 3. The summed E-state index contributed by atoms with van der Waals surface area (Å²) in [5.74, 6) is -0.349. The molecule has 0 saturated heterocycles. The minimum Gasteiger partial charge on any atom is -0.378 e. The van der Waals surface area contributed by atoms with Crippen molar-refractivity contribution >= 4 is 17.4 Å². The van der Waals surface area contributed by atoms with Gasteiger partial charge in [-0.2, -0.15) is 13.2 Å². The summed E-state index contributed by atoms with van der Waals surface area (Å²) in [4.78, 5) is 15.4. The third kappa shape index (κ3) is 2.96. The van der Waals surface area contributed by atoms with E-state index >= 15 is 0 Å². The molecule has 1 saturated carbocycles. The lowest BCUT2D eigenvalue weighted by molar-refractivity contribution is -0.141. The van der Waals surface area contributed by atoms with E-state index in [0.29, 0.717) is 0 Å². The first kappa shape index (κ1) is 15.3. The molecule has 0 atom stereocenters. The molecular weight excluding hydrogens is 295 g/mol. The molecule has 0 unspecified atom stereocenters. The highest BCUT2D eigenvalue weighted by Gasteiger charge is 2.40. The van der Waals surface area contributed by atoms with Gasteiger partial charge < -0.3 is 4.74 Å². The lowest BCUT2D eigenvalue weighted by Gasteiger charge is -2.40. The molecule has 2 rings (SSSR count). The number of ketones is 1. The van der Waals surface area contributed by atoms with Crippen LogP contribution in [0.25, 0.3) is 0 Å². The van der Waals surface area contributed by atoms with Gasteiger partial charge in [-0.1, -0.05) is 11.6 Å². The Kier molecular flexibility index (Phi) is 4.07. The fraction of sp³-hybridized carbons (Fsp3) is 0.538. The SMILES string of the molecule is COC1(CC(=O)c2ccc(C(F)(F)F)nc2Cl)CCC1. The van der Waals surface area contributed by atoms with Crippen molar-refractivity contribution in [3.63, 3.8) is 0 Å². The maximum absolute atomic E-state index is 12.5. The fourth-order valence-electron chi connectivity index (χ4n) is 2.21. The van der Waals surface area contributed by atoms with Crippen molar-refractivity contribution in [2.45, 2.75) is 37.5 Å². The summed E-state index contributed by atoms with van der Waals surface area (Å²) in [6.07, 6.45) is -1.97. The topological polar surface area (TPSA) is 39.2 Å². The van der Waals surface area contributed by atoms with Crippen LogP contribution in [-0.4, -0.2) is 23.5 Å². The summed E-state index contributed by atoms with van der Waals surface area (Å²) in [5.41, 5.74) is -1.60. The molecule has 3 nitrogen and oxygen atoms in total. The summed E-state index contributed by atoms with van der Waals surface area (Å²) in [6, 6.07) is 1.84. The molecule has 0 radical (unpaired) electrons. The van der Waals surface area contributed by atoms with Gasteiger partial charge in [-0.15, -0.1) is 0 Å². The van der Waals surface area contributed by atoms with Crippen molar-refractivity contribution in [3.8, 4) is 0 Å². The second kappa shape index (κ2) is 5.33. The molecule has 1 heterocycles. The quantitative estimate of drug-likeness (QED) is 0.625. The molecule has 0 bridgehead atoms. The first-order valence-corrected chi connectivity index (χ1v) is 6.47. The smallest absolute Gasteiger partial charge is 0.378 e. The van der Waals surface area contributed by atoms with E-state index < -0.39 is 22.6 Å². The molecular formula is C13H13ClF3NO2. The maximum atomic E-state index is 12.5. The average molecular weight is 308 g/mol. The molecule has 1 aromatic rings. The van der Waals surface area contributed by atoms with Gasteiger partial charge in [0.2, 0.25) is 0 Å². The second-order valence-corrected chi connectivity index (χ2v) is 5.23. The van der Waals surface area contributed by atoms with E-state index in [9.17, 15) is 18.0 Å². The number of aromatic nitrogens is 1. The van der Waals surface area contributed by atoms with E-state index in [4.69, 9.17) is 16.3 Å². The third-order valence-corrected chi connectivity index (χ3v) is 3.91. The van der Waals surface area contributed by atoms with Crippen LogP contribution in [-0.2, 0) is 10.9 Å². The number of hydrogen-bond donors (Lipinski definition) is 0. The van der Waals surface area contributed by atoms with Gasteiger partial charge in [-0.05, 0) is 31.4 Å². The predicted octanol–water partition coefficient (Wildman–Crippen LogP) is 3.90. The highest BCUT2D eigenvalue weighted by molar-refractivity contribution is 6.32. The van der Waals surface area contributed by atoms with Crippen molar-refractivity contribution < 1.29 is 22.7 Å². The number of pyridine rings is 1. The number of halogens is 4. The number of carbonyl (C=O) groups is 1. The lowest BCUT2D eigenvalue weighted by atomic mass is 9.76. The van der Waals surface area contributed by atoms with E-state index in [2.05, 4.69) is 4.98 Å². The summed E-state index contributed by atoms with van der Waals surface area (Å²) in [5, 5.41) is -0.421. The van der Waals surface area contributed by atoms with Gasteiger partial charge >= 0.3 is 6.18 Å². The first-order chi connectivity index (χ1) is 9.27. The normalized spacial score (nSPS) is 17.6. The zero-order chi connectivity index (χ0) is 15.0. The minimum absolute atomic E-state index is 0.00277. The largest absolute Gasteiger partial charge is 0.433 e. The summed E-state index contributed by atoms with van der Waals surface area (Å²) >= 11 is 5.69.